The van der Waals surface area contributed by atoms with E-state index in [1.807, 2.05) is 24.3 Å². The Morgan fingerprint density at radius 3 is 2.21 bits per heavy atom. The fraction of sp³-hybridized carbons (Fsp3) is 0.273. The summed E-state index contributed by atoms with van der Waals surface area (Å²) in [5.74, 6) is 0. The van der Waals surface area contributed by atoms with Gasteiger partial charge >= 0.3 is 0 Å². The first kappa shape index (κ1) is 18.8. The number of benzene rings is 3. The lowest BCUT2D eigenvalue weighted by Gasteiger charge is -2.34. The minimum atomic E-state index is -3.60. The van der Waals surface area contributed by atoms with Gasteiger partial charge in [0.25, 0.3) is 0 Å². The Labute approximate surface area is 166 Å². The van der Waals surface area contributed by atoms with Gasteiger partial charge in [-0.1, -0.05) is 36.4 Å². The van der Waals surface area contributed by atoms with Gasteiger partial charge in [-0.3, -0.25) is 0 Å². The van der Waals surface area contributed by atoms with Crippen LogP contribution in [0, 0.1) is 0 Å². The van der Waals surface area contributed by atoms with Crippen molar-refractivity contribution in [1.82, 2.24) is 4.90 Å². The molecule has 0 bridgehead atoms. The van der Waals surface area contributed by atoms with Crippen LogP contribution in [0.3, 0.4) is 0 Å². The Hall–Kier alpha value is -2.57. The van der Waals surface area contributed by atoms with Gasteiger partial charge in [-0.05, 0) is 31.3 Å². The molecule has 1 heterocycles. The first-order valence-electron chi connectivity index (χ1n) is 9.49. The Balaban J connectivity index is 1.86. The predicted octanol–water partition coefficient (Wildman–Crippen LogP) is 3.47. The van der Waals surface area contributed by atoms with Gasteiger partial charge in [0.05, 0.1) is 15.5 Å². The van der Waals surface area contributed by atoms with Gasteiger partial charge in [0.1, 0.15) is 0 Å². The van der Waals surface area contributed by atoms with Crippen molar-refractivity contribution in [2.45, 2.75) is 9.79 Å². The second kappa shape index (κ2) is 7.45. The van der Waals surface area contributed by atoms with E-state index < -0.39 is 9.84 Å². The highest BCUT2D eigenvalue weighted by atomic mass is 32.2. The summed E-state index contributed by atoms with van der Waals surface area (Å²) in [5, 5.41) is 5.15. The number of nitrogens with zero attached hydrogens (tertiary/aromatic N) is 2. The molecule has 1 aliphatic rings. The summed E-state index contributed by atoms with van der Waals surface area (Å²) < 4.78 is 26.4. The molecule has 4 rings (SSSR count). The van der Waals surface area contributed by atoms with Crippen molar-refractivity contribution in [1.29, 1.82) is 0 Å². The van der Waals surface area contributed by atoms with Gasteiger partial charge < -0.3 is 15.1 Å². The van der Waals surface area contributed by atoms with Gasteiger partial charge in [-0.2, -0.15) is 0 Å². The summed E-state index contributed by atoms with van der Waals surface area (Å²) in [6.45, 7) is 3.98. The van der Waals surface area contributed by atoms with E-state index in [2.05, 4.69) is 28.2 Å². The molecule has 0 aliphatic carbocycles. The van der Waals surface area contributed by atoms with Crippen LogP contribution in [0.4, 0.5) is 11.4 Å². The van der Waals surface area contributed by atoms with E-state index >= 15 is 0 Å². The quantitative estimate of drug-likeness (QED) is 0.733. The van der Waals surface area contributed by atoms with Crippen LogP contribution in [-0.2, 0) is 9.84 Å². The molecule has 1 aliphatic heterocycles. The summed E-state index contributed by atoms with van der Waals surface area (Å²) in [7, 11) is 0.317. The number of fused-ring (bicyclic) bond motifs is 1. The zero-order chi connectivity index (χ0) is 19.7. The maximum atomic E-state index is 13.2. The monoisotopic (exact) mass is 395 g/mol. The summed E-state index contributed by atoms with van der Waals surface area (Å²) in [4.78, 5) is 5.32. The average molecular weight is 396 g/mol. The van der Waals surface area contributed by atoms with Crippen LogP contribution in [-0.4, -0.2) is 53.6 Å². The Bertz CT molecular complexity index is 1090. The molecule has 0 atom stereocenters. The number of piperazine rings is 1. The zero-order valence-corrected chi connectivity index (χ0v) is 17.0. The maximum Gasteiger partial charge on any atom is 0.208 e. The lowest BCUT2D eigenvalue weighted by molar-refractivity contribution is 0.313. The Kier molecular flexibility index (Phi) is 5.00. The van der Waals surface area contributed by atoms with Crippen LogP contribution in [0.2, 0.25) is 0 Å². The predicted molar refractivity (Wildman–Crippen MR) is 115 cm³/mol. The van der Waals surface area contributed by atoms with Gasteiger partial charge in [-0.25, -0.2) is 8.42 Å². The molecule has 0 aromatic heterocycles. The molecule has 5 nitrogen and oxygen atoms in total. The van der Waals surface area contributed by atoms with Crippen molar-refractivity contribution in [3.05, 3.63) is 60.7 Å². The van der Waals surface area contributed by atoms with Gasteiger partial charge in [-0.15, -0.1) is 0 Å². The van der Waals surface area contributed by atoms with Crippen molar-refractivity contribution in [2.24, 2.45) is 0 Å². The minimum Gasteiger partial charge on any atom is -0.387 e. The molecule has 3 aromatic carbocycles. The van der Waals surface area contributed by atoms with Crippen molar-refractivity contribution >= 4 is 32.0 Å². The molecule has 3 aromatic rings. The summed E-state index contributed by atoms with van der Waals surface area (Å²) in [6, 6.07) is 18.4. The topological polar surface area (TPSA) is 52.7 Å². The molecule has 6 heteroatoms. The van der Waals surface area contributed by atoms with Crippen LogP contribution < -0.4 is 10.2 Å². The minimum absolute atomic E-state index is 0.307. The number of nitrogens with one attached hydrogen (secondary N) is 1. The standard InChI is InChI=1S/C22H25N3O2S/c1-23-22-19-9-6-10-20(25-15-13-24(2)14-16-25)18(19)11-12-21(22)28(26,27)17-7-4-3-5-8-17/h3-12,23H,13-16H2,1-2H3. The fourth-order valence-electron chi connectivity index (χ4n) is 3.85. The number of hydrogen-bond donors (Lipinski definition) is 1. The van der Waals surface area contributed by atoms with Crippen LogP contribution in [0.1, 0.15) is 0 Å². The summed E-state index contributed by atoms with van der Waals surface area (Å²) >= 11 is 0. The van der Waals surface area contributed by atoms with E-state index in [4.69, 9.17) is 0 Å². The number of hydrogen-bond acceptors (Lipinski definition) is 5. The van der Waals surface area contributed by atoms with Crippen molar-refractivity contribution in [2.75, 3.05) is 50.5 Å². The molecule has 0 radical (unpaired) electrons. The average Bonchev–Trinajstić information content (AvgIpc) is 2.73. The third kappa shape index (κ3) is 3.23. The fourth-order valence-corrected chi connectivity index (χ4v) is 5.35. The van der Waals surface area contributed by atoms with E-state index in [0.29, 0.717) is 15.5 Å². The van der Waals surface area contributed by atoms with Gasteiger partial charge in [0.15, 0.2) is 0 Å². The number of rotatable bonds is 4. The molecule has 1 N–H and O–H groups in total. The van der Waals surface area contributed by atoms with E-state index in [9.17, 15) is 8.42 Å². The van der Waals surface area contributed by atoms with Crippen LogP contribution >= 0.6 is 0 Å². The highest BCUT2D eigenvalue weighted by molar-refractivity contribution is 7.91. The molecule has 1 saturated heterocycles. The van der Waals surface area contributed by atoms with E-state index in [1.54, 1.807) is 37.4 Å². The maximum absolute atomic E-state index is 13.2. The molecule has 0 amide bonds. The molecule has 28 heavy (non-hydrogen) atoms. The lowest BCUT2D eigenvalue weighted by atomic mass is 10.1. The summed E-state index contributed by atoms with van der Waals surface area (Å²) in [6.07, 6.45) is 0. The van der Waals surface area contributed by atoms with Crippen molar-refractivity contribution < 1.29 is 8.42 Å². The van der Waals surface area contributed by atoms with E-state index in [1.165, 1.54) is 0 Å². The smallest absolute Gasteiger partial charge is 0.208 e. The zero-order valence-electron chi connectivity index (χ0n) is 16.2. The molecule has 0 saturated carbocycles. The first-order chi connectivity index (χ1) is 13.5. The number of anilines is 2. The third-order valence-corrected chi connectivity index (χ3v) is 7.25. The van der Waals surface area contributed by atoms with E-state index in [0.717, 1.165) is 42.6 Å². The van der Waals surface area contributed by atoms with Crippen LogP contribution in [0.25, 0.3) is 10.8 Å². The van der Waals surface area contributed by atoms with Crippen molar-refractivity contribution in [3.8, 4) is 0 Å². The third-order valence-electron chi connectivity index (χ3n) is 5.44. The van der Waals surface area contributed by atoms with Gasteiger partial charge in [0, 0.05) is 49.7 Å². The molecule has 1 fully saturated rings. The highest BCUT2D eigenvalue weighted by Crippen LogP contribution is 2.37. The molecular weight excluding hydrogens is 370 g/mol. The second-order valence-corrected chi connectivity index (χ2v) is 9.09. The molecular formula is C22H25N3O2S. The Morgan fingerprint density at radius 2 is 1.54 bits per heavy atom. The largest absolute Gasteiger partial charge is 0.387 e. The normalized spacial score (nSPS) is 15.7. The SMILES string of the molecule is CNc1c(S(=O)(=O)c2ccccc2)ccc2c(N3CCN(C)CC3)cccc12. The molecule has 146 valence electrons. The second-order valence-electron chi connectivity index (χ2n) is 7.17. The van der Waals surface area contributed by atoms with Crippen molar-refractivity contribution in [3.63, 3.8) is 0 Å². The first-order valence-corrected chi connectivity index (χ1v) is 11.0. The molecule has 0 unspecified atom stereocenters. The number of sulfone groups is 1. The summed E-state index contributed by atoms with van der Waals surface area (Å²) in [5.41, 5.74) is 1.81. The number of likely N-dealkylation sites (N-methyl/N-ethyl adjacent to an activating group) is 1. The van der Waals surface area contributed by atoms with Crippen LogP contribution in [0.15, 0.2) is 70.5 Å². The Morgan fingerprint density at radius 1 is 0.821 bits per heavy atom. The van der Waals surface area contributed by atoms with Gasteiger partial charge in [0.2, 0.25) is 9.84 Å². The van der Waals surface area contributed by atoms with E-state index in [-0.39, 0.29) is 0 Å². The molecule has 0 spiro atoms. The lowest BCUT2D eigenvalue weighted by Crippen LogP contribution is -2.44. The highest BCUT2D eigenvalue weighted by Gasteiger charge is 2.24. The van der Waals surface area contributed by atoms with Crippen LogP contribution in [0.5, 0.6) is 0 Å².